The summed E-state index contributed by atoms with van der Waals surface area (Å²) in [5.41, 5.74) is 3.24. The van der Waals surface area contributed by atoms with Gasteiger partial charge in [-0.1, -0.05) is 12.1 Å². The van der Waals surface area contributed by atoms with Crippen LogP contribution in [0, 0.1) is 19.7 Å². The fourth-order valence-electron chi connectivity index (χ4n) is 1.33. The van der Waals surface area contributed by atoms with Crippen LogP contribution >= 0.6 is 0 Å². The molecule has 3 heteroatoms. The molecule has 0 aliphatic carbocycles. The van der Waals surface area contributed by atoms with E-state index in [0.717, 1.165) is 17.0 Å². The minimum atomic E-state index is -0.185. The molecule has 0 amide bonds. The first-order valence-corrected chi connectivity index (χ1v) is 4.45. The van der Waals surface area contributed by atoms with E-state index in [0.29, 0.717) is 5.56 Å². The molecule has 0 aliphatic heterocycles. The van der Waals surface area contributed by atoms with Crippen molar-refractivity contribution >= 4 is 0 Å². The summed E-state index contributed by atoms with van der Waals surface area (Å²) in [6, 6.07) is 7.05. The summed E-state index contributed by atoms with van der Waals surface area (Å²) in [4.78, 5) is 0. The molecule has 0 radical (unpaired) electrons. The predicted octanol–water partition coefficient (Wildman–Crippen LogP) is 2.83. The normalized spacial score (nSPS) is 10.5. The quantitative estimate of drug-likeness (QED) is 0.736. The van der Waals surface area contributed by atoms with Crippen LogP contribution in [0.1, 0.15) is 11.3 Å². The number of H-pyrrole nitrogens is 1. The Kier molecular flexibility index (Phi) is 2.08. The number of aromatic nitrogens is 2. The molecule has 2 rings (SSSR count). The van der Waals surface area contributed by atoms with Crippen LogP contribution in [0.25, 0.3) is 11.3 Å². The molecule has 0 saturated carbocycles. The van der Waals surface area contributed by atoms with Crippen LogP contribution in [0.15, 0.2) is 24.3 Å². The first-order chi connectivity index (χ1) is 6.66. The van der Waals surface area contributed by atoms with Crippen molar-refractivity contribution in [2.75, 3.05) is 0 Å². The van der Waals surface area contributed by atoms with E-state index < -0.39 is 0 Å². The molecule has 14 heavy (non-hydrogen) atoms. The summed E-state index contributed by atoms with van der Waals surface area (Å²) in [6.07, 6.45) is 0. The number of rotatable bonds is 1. The SMILES string of the molecule is Cc1cc(-c2ccc(C)c(F)c2)[nH]n1. The standard InChI is InChI=1S/C11H11FN2/c1-7-3-4-9(6-10(7)12)11-5-8(2)13-14-11/h3-6H,1-2H3,(H,13,14). The lowest BCUT2D eigenvalue weighted by Gasteiger charge is -1.99. The van der Waals surface area contributed by atoms with Gasteiger partial charge in [0.2, 0.25) is 0 Å². The van der Waals surface area contributed by atoms with Gasteiger partial charge in [0.15, 0.2) is 0 Å². The Morgan fingerprint density at radius 1 is 1.21 bits per heavy atom. The highest BCUT2D eigenvalue weighted by molar-refractivity contribution is 5.59. The summed E-state index contributed by atoms with van der Waals surface area (Å²) in [6.45, 7) is 3.64. The number of hydrogen-bond acceptors (Lipinski definition) is 1. The number of hydrogen-bond donors (Lipinski definition) is 1. The van der Waals surface area contributed by atoms with Gasteiger partial charge in [-0.15, -0.1) is 0 Å². The minimum absolute atomic E-state index is 0.185. The summed E-state index contributed by atoms with van der Waals surface area (Å²) in [7, 11) is 0. The number of nitrogens with zero attached hydrogens (tertiary/aromatic N) is 1. The third-order valence-electron chi connectivity index (χ3n) is 2.19. The van der Waals surface area contributed by atoms with E-state index in [1.54, 1.807) is 13.0 Å². The van der Waals surface area contributed by atoms with Gasteiger partial charge in [0.25, 0.3) is 0 Å². The molecule has 0 atom stereocenters. The number of aromatic amines is 1. The first-order valence-electron chi connectivity index (χ1n) is 4.45. The molecule has 72 valence electrons. The van der Waals surface area contributed by atoms with Gasteiger partial charge in [-0.25, -0.2) is 4.39 Å². The zero-order chi connectivity index (χ0) is 10.1. The molecule has 0 spiro atoms. The zero-order valence-corrected chi connectivity index (χ0v) is 8.13. The van der Waals surface area contributed by atoms with Crippen molar-refractivity contribution in [2.45, 2.75) is 13.8 Å². The molecule has 2 aromatic rings. The van der Waals surface area contributed by atoms with Crippen LogP contribution in [0.4, 0.5) is 4.39 Å². The Bertz CT molecular complexity index is 460. The smallest absolute Gasteiger partial charge is 0.126 e. The molecule has 0 saturated heterocycles. The van der Waals surface area contributed by atoms with Crippen LogP contribution in [0.3, 0.4) is 0 Å². The van der Waals surface area contributed by atoms with Crippen LogP contribution in [0.2, 0.25) is 0 Å². The Morgan fingerprint density at radius 2 is 2.00 bits per heavy atom. The summed E-state index contributed by atoms with van der Waals surface area (Å²) >= 11 is 0. The molecule has 0 bridgehead atoms. The van der Waals surface area contributed by atoms with Crippen molar-refractivity contribution in [3.63, 3.8) is 0 Å². The van der Waals surface area contributed by atoms with Gasteiger partial charge >= 0.3 is 0 Å². The second-order valence-electron chi connectivity index (χ2n) is 3.39. The third-order valence-corrected chi connectivity index (χ3v) is 2.19. The second kappa shape index (κ2) is 3.25. The van der Waals surface area contributed by atoms with E-state index in [9.17, 15) is 4.39 Å². The largest absolute Gasteiger partial charge is 0.278 e. The zero-order valence-electron chi connectivity index (χ0n) is 8.13. The Morgan fingerprint density at radius 3 is 2.57 bits per heavy atom. The third kappa shape index (κ3) is 1.53. The van der Waals surface area contributed by atoms with Crippen LogP contribution < -0.4 is 0 Å². The average Bonchev–Trinajstić information content (AvgIpc) is 2.57. The lowest BCUT2D eigenvalue weighted by molar-refractivity contribution is 0.619. The number of benzene rings is 1. The second-order valence-corrected chi connectivity index (χ2v) is 3.39. The Hall–Kier alpha value is -1.64. The van der Waals surface area contributed by atoms with Crippen molar-refractivity contribution in [2.24, 2.45) is 0 Å². The maximum Gasteiger partial charge on any atom is 0.126 e. The fraction of sp³-hybridized carbons (Fsp3) is 0.182. The highest BCUT2D eigenvalue weighted by atomic mass is 19.1. The van der Waals surface area contributed by atoms with Crippen LogP contribution in [0.5, 0.6) is 0 Å². The lowest BCUT2D eigenvalue weighted by atomic mass is 10.1. The molecule has 2 nitrogen and oxygen atoms in total. The van der Waals surface area contributed by atoms with Crippen molar-refractivity contribution in [1.82, 2.24) is 10.2 Å². The molecule has 0 fully saturated rings. The maximum absolute atomic E-state index is 13.2. The van der Waals surface area contributed by atoms with Crippen molar-refractivity contribution in [3.8, 4) is 11.3 Å². The highest BCUT2D eigenvalue weighted by Crippen LogP contribution is 2.19. The van der Waals surface area contributed by atoms with Crippen molar-refractivity contribution in [3.05, 3.63) is 41.3 Å². The molecule has 1 heterocycles. The van der Waals surface area contributed by atoms with Gasteiger partial charge in [-0.2, -0.15) is 5.10 Å². The number of nitrogens with one attached hydrogen (secondary N) is 1. The molecule has 1 aromatic heterocycles. The van der Waals surface area contributed by atoms with E-state index in [4.69, 9.17) is 0 Å². The lowest BCUT2D eigenvalue weighted by Crippen LogP contribution is -1.84. The molecule has 1 N–H and O–H groups in total. The first kappa shape index (κ1) is 8.94. The average molecular weight is 190 g/mol. The van der Waals surface area contributed by atoms with Gasteiger partial charge in [0.1, 0.15) is 5.82 Å². The van der Waals surface area contributed by atoms with Gasteiger partial charge < -0.3 is 0 Å². The summed E-state index contributed by atoms with van der Waals surface area (Å²) in [5, 5.41) is 6.85. The number of aryl methyl sites for hydroxylation is 2. The van der Waals surface area contributed by atoms with E-state index in [1.807, 2.05) is 19.1 Å². The van der Waals surface area contributed by atoms with E-state index in [2.05, 4.69) is 10.2 Å². The van der Waals surface area contributed by atoms with Gasteiger partial charge in [-0.05, 0) is 31.5 Å². The monoisotopic (exact) mass is 190 g/mol. The van der Waals surface area contributed by atoms with Crippen molar-refractivity contribution in [1.29, 1.82) is 0 Å². The number of halogens is 1. The molecule has 0 aliphatic rings. The van der Waals surface area contributed by atoms with Crippen molar-refractivity contribution < 1.29 is 4.39 Å². The molecule has 0 unspecified atom stereocenters. The predicted molar refractivity (Wildman–Crippen MR) is 53.5 cm³/mol. The summed E-state index contributed by atoms with van der Waals surface area (Å²) in [5.74, 6) is -0.185. The van der Waals surface area contributed by atoms with Gasteiger partial charge in [0, 0.05) is 5.56 Å². The molecular weight excluding hydrogens is 179 g/mol. The highest BCUT2D eigenvalue weighted by Gasteiger charge is 2.03. The Labute approximate surface area is 81.8 Å². The van der Waals surface area contributed by atoms with Crippen LogP contribution in [-0.2, 0) is 0 Å². The topological polar surface area (TPSA) is 28.7 Å². The summed E-state index contributed by atoms with van der Waals surface area (Å²) < 4.78 is 13.2. The van der Waals surface area contributed by atoms with Gasteiger partial charge in [0.05, 0.1) is 11.4 Å². The minimum Gasteiger partial charge on any atom is -0.278 e. The van der Waals surface area contributed by atoms with E-state index >= 15 is 0 Å². The van der Waals surface area contributed by atoms with E-state index in [1.165, 1.54) is 6.07 Å². The molecular formula is C11H11FN2. The van der Waals surface area contributed by atoms with Crippen LogP contribution in [-0.4, -0.2) is 10.2 Å². The molecule has 1 aromatic carbocycles. The van der Waals surface area contributed by atoms with Gasteiger partial charge in [-0.3, -0.25) is 5.10 Å². The maximum atomic E-state index is 13.2. The van der Waals surface area contributed by atoms with E-state index in [-0.39, 0.29) is 5.82 Å². The Balaban J connectivity index is 2.47. The fourth-order valence-corrected chi connectivity index (χ4v) is 1.33.